The Hall–Kier alpha value is -2.67. The van der Waals surface area contributed by atoms with Crippen LogP contribution in [0, 0.1) is 19.3 Å². The van der Waals surface area contributed by atoms with Crippen molar-refractivity contribution in [3.63, 3.8) is 0 Å². The van der Waals surface area contributed by atoms with Gasteiger partial charge in [-0.1, -0.05) is 32.0 Å². The van der Waals surface area contributed by atoms with E-state index in [0.29, 0.717) is 6.61 Å². The van der Waals surface area contributed by atoms with Gasteiger partial charge in [-0.3, -0.25) is 4.79 Å². The number of carbonyl (C=O) groups is 2. The summed E-state index contributed by atoms with van der Waals surface area (Å²) in [6.07, 6.45) is 0.138. The average molecular weight is 399 g/mol. The summed E-state index contributed by atoms with van der Waals surface area (Å²) in [5.74, 6) is -1.35. The number of carboxylic acid groups (broad SMARTS) is 1. The van der Waals surface area contributed by atoms with E-state index in [1.54, 1.807) is 0 Å². The number of nitrogens with zero attached hydrogens (tertiary/aromatic N) is 2. The first kappa shape index (κ1) is 21.0. The van der Waals surface area contributed by atoms with Crippen LogP contribution in [0.5, 0.6) is 0 Å². The Bertz CT molecular complexity index is 920. The summed E-state index contributed by atoms with van der Waals surface area (Å²) in [5, 5.41) is 17.3. The molecule has 7 heteroatoms. The van der Waals surface area contributed by atoms with Crippen molar-refractivity contribution in [3.8, 4) is 5.69 Å². The van der Waals surface area contributed by atoms with Crippen LogP contribution in [0.4, 0.5) is 0 Å². The van der Waals surface area contributed by atoms with E-state index >= 15 is 0 Å². The van der Waals surface area contributed by atoms with Crippen molar-refractivity contribution in [3.05, 3.63) is 47.3 Å². The number of aliphatic carboxylic acids is 1. The maximum Gasteiger partial charge on any atom is 0.330 e. The lowest BCUT2D eigenvalue weighted by atomic mass is 9.54. The van der Waals surface area contributed by atoms with Crippen LogP contribution in [-0.2, 0) is 20.7 Å². The van der Waals surface area contributed by atoms with Crippen LogP contribution < -0.4 is 5.32 Å². The summed E-state index contributed by atoms with van der Waals surface area (Å²) < 4.78 is 7.47. The van der Waals surface area contributed by atoms with Crippen LogP contribution >= 0.6 is 0 Å². The number of para-hydroxylation sites is 1. The van der Waals surface area contributed by atoms with E-state index in [1.165, 1.54) is 0 Å². The minimum Gasteiger partial charge on any atom is -0.479 e. The molecule has 0 bridgehead atoms. The molecule has 2 N–H and O–H groups in total. The molecule has 29 heavy (non-hydrogen) atoms. The molecule has 156 valence electrons. The van der Waals surface area contributed by atoms with E-state index in [1.807, 2.05) is 69.6 Å². The third-order valence-electron chi connectivity index (χ3n) is 6.26. The normalized spacial score (nSPS) is 22.7. The van der Waals surface area contributed by atoms with E-state index in [-0.39, 0.29) is 24.9 Å². The number of hydrogen-bond acceptors (Lipinski definition) is 4. The number of rotatable bonds is 7. The molecule has 0 radical (unpaired) electrons. The van der Waals surface area contributed by atoms with Crippen molar-refractivity contribution in [1.29, 1.82) is 0 Å². The molecule has 7 nitrogen and oxygen atoms in total. The highest BCUT2D eigenvalue weighted by Gasteiger charge is 2.66. The quantitative estimate of drug-likeness (QED) is 0.747. The number of amides is 1. The number of aromatic nitrogens is 2. The molecule has 1 heterocycles. The van der Waals surface area contributed by atoms with Crippen molar-refractivity contribution >= 4 is 11.9 Å². The number of hydrogen-bond donors (Lipinski definition) is 2. The summed E-state index contributed by atoms with van der Waals surface area (Å²) in [6, 6.07) is 9.70. The van der Waals surface area contributed by atoms with Crippen LogP contribution in [0.3, 0.4) is 0 Å². The predicted molar refractivity (Wildman–Crippen MR) is 109 cm³/mol. The van der Waals surface area contributed by atoms with Crippen molar-refractivity contribution in [1.82, 2.24) is 15.1 Å². The molecule has 2 unspecified atom stereocenters. The molecule has 3 rings (SSSR count). The Morgan fingerprint density at radius 2 is 1.93 bits per heavy atom. The van der Waals surface area contributed by atoms with E-state index in [4.69, 9.17) is 4.74 Å². The maximum absolute atomic E-state index is 12.9. The van der Waals surface area contributed by atoms with E-state index < -0.39 is 16.9 Å². The molecule has 1 aromatic carbocycles. The Labute approximate surface area is 171 Å². The highest BCUT2D eigenvalue weighted by atomic mass is 16.5. The summed E-state index contributed by atoms with van der Waals surface area (Å²) in [4.78, 5) is 25.0. The van der Waals surface area contributed by atoms with Gasteiger partial charge in [-0.25, -0.2) is 9.48 Å². The lowest BCUT2D eigenvalue weighted by Crippen LogP contribution is -2.76. The van der Waals surface area contributed by atoms with Gasteiger partial charge >= 0.3 is 5.97 Å². The fourth-order valence-electron chi connectivity index (χ4n) is 4.23. The van der Waals surface area contributed by atoms with Crippen molar-refractivity contribution in [2.75, 3.05) is 6.61 Å². The summed E-state index contributed by atoms with van der Waals surface area (Å²) >= 11 is 0. The Morgan fingerprint density at radius 1 is 1.28 bits per heavy atom. The molecular weight excluding hydrogens is 370 g/mol. The zero-order chi connectivity index (χ0) is 21.4. The Morgan fingerprint density at radius 3 is 2.48 bits per heavy atom. The molecule has 1 aliphatic rings. The lowest BCUT2D eigenvalue weighted by molar-refractivity contribution is -0.194. The largest absolute Gasteiger partial charge is 0.479 e. The monoisotopic (exact) mass is 399 g/mol. The molecule has 0 spiro atoms. The number of ether oxygens (including phenoxy) is 1. The number of carbonyl (C=O) groups excluding carboxylic acids is 1. The topological polar surface area (TPSA) is 93.5 Å². The number of carboxylic acids is 1. The molecule has 1 aliphatic carbocycles. The van der Waals surface area contributed by atoms with Gasteiger partial charge in [0.1, 0.15) is 5.54 Å². The summed E-state index contributed by atoms with van der Waals surface area (Å²) in [6.45, 7) is 9.83. The van der Waals surface area contributed by atoms with Crippen LogP contribution in [0.15, 0.2) is 30.3 Å². The second-order valence-corrected chi connectivity index (χ2v) is 8.20. The van der Waals surface area contributed by atoms with E-state index in [2.05, 4.69) is 10.4 Å². The SMILES string of the molecule is CCOC1CC(NC(=O)Cc2c(C)nn(-c3ccccc3)c2C)(C(=O)O)C1(C)C. The molecule has 1 amide bonds. The summed E-state index contributed by atoms with van der Waals surface area (Å²) in [5.41, 5.74) is 1.32. The molecule has 2 atom stereocenters. The first-order chi connectivity index (χ1) is 13.6. The van der Waals surface area contributed by atoms with Crippen LogP contribution in [0.2, 0.25) is 0 Å². The molecular formula is C22H29N3O4. The minimum absolute atomic E-state index is 0.0783. The van der Waals surface area contributed by atoms with Gasteiger partial charge in [0.25, 0.3) is 0 Å². The smallest absolute Gasteiger partial charge is 0.330 e. The van der Waals surface area contributed by atoms with Crippen molar-refractivity contribution < 1.29 is 19.4 Å². The van der Waals surface area contributed by atoms with Crippen molar-refractivity contribution in [2.45, 2.75) is 59.1 Å². The molecule has 1 fully saturated rings. The lowest BCUT2D eigenvalue weighted by Gasteiger charge is -2.58. The van der Waals surface area contributed by atoms with Crippen molar-refractivity contribution in [2.24, 2.45) is 5.41 Å². The third-order valence-corrected chi connectivity index (χ3v) is 6.26. The van der Waals surface area contributed by atoms with Crippen LogP contribution in [-0.4, -0.2) is 45.0 Å². The minimum atomic E-state index is -1.33. The second kappa shape index (κ2) is 7.63. The summed E-state index contributed by atoms with van der Waals surface area (Å²) in [7, 11) is 0. The number of nitrogens with one attached hydrogen (secondary N) is 1. The predicted octanol–water partition coefficient (Wildman–Crippen LogP) is 2.81. The number of benzene rings is 1. The highest BCUT2D eigenvalue weighted by Crippen LogP contribution is 2.51. The molecule has 0 saturated heterocycles. The second-order valence-electron chi connectivity index (χ2n) is 8.20. The fourth-order valence-corrected chi connectivity index (χ4v) is 4.23. The first-order valence-electron chi connectivity index (χ1n) is 9.90. The fraction of sp³-hybridized carbons (Fsp3) is 0.500. The Kier molecular flexibility index (Phi) is 5.54. The Balaban J connectivity index is 1.81. The van der Waals surface area contributed by atoms with Gasteiger partial charge < -0.3 is 15.2 Å². The van der Waals surface area contributed by atoms with Gasteiger partial charge in [-0.15, -0.1) is 0 Å². The van der Waals surface area contributed by atoms with Gasteiger partial charge in [-0.05, 0) is 32.9 Å². The van der Waals surface area contributed by atoms with Crippen LogP contribution in [0.1, 0.15) is 44.1 Å². The average Bonchev–Trinajstić information content (AvgIpc) is 2.95. The van der Waals surface area contributed by atoms with Crippen LogP contribution in [0.25, 0.3) is 5.69 Å². The van der Waals surface area contributed by atoms with Gasteiger partial charge in [0.15, 0.2) is 0 Å². The zero-order valence-corrected chi connectivity index (χ0v) is 17.7. The number of aryl methyl sites for hydroxylation is 1. The van der Waals surface area contributed by atoms with E-state index in [0.717, 1.165) is 22.6 Å². The molecule has 1 aromatic heterocycles. The van der Waals surface area contributed by atoms with Gasteiger partial charge in [-0.2, -0.15) is 5.10 Å². The van der Waals surface area contributed by atoms with Gasteiger partial charge in [0.05, 0.1) is 23.9 Å². The highest BCUT2D eigenvalue weighted by molar-refractivity contribution is 5.90. The van der Waals surface area contributed by atoms with E-state index in [9.17, 15) is 14.7 Å². The molecule has 0 aliphatic heterocycles. The first-order valence-corrected chi connectivity index (χ1v) is 9.90. The maximum atomic E-state index is 12.9. The zero-order valence-electron chi connectivity index (χ0n) is 17.7. The van der Waals surface area contributed by atoms with Gasteiger partial charge in [0, 0.05) is 29.7 Å². The van der Waals surface area contributed by atoms with Gasteiger partial charge in [0.2, 0.25) is 5.91 Å². The standard InChI is InChI=1S/C22H29N3O4/c1-6-29-18-13-22(20(27)28,21(18,4)5)23-19(26)12-17-14(2)24-25(15(17)3)16-10-8-7-9-11-16/h7-11,18H,6,12-13H2,1-5H3,(H,23,26)(H,27,28). The third kappa shape index (κ3) is 3.44. The molecule has 2 aromatic rings. The molecule has 1 saturated carbocycles.